The van der Waals surface area contributed by atoms with E-state index in [0.29, 0.717) is 17.8 Å². The van der Waals surface area contributed by atoms with E-state index in [-0.39, 0.29) is 11.8 Å². The average Bonchev–Trinajstić information content (AvgIpc) is 2.91. The van der Waals surface area contributed by atoms with Gasteiger partial charge in [-0.3, -0.25) is 14.5 Å². The second kappa shape index (κ2) is 11.0. The predicted molar refractivity (Wildman–Crippen MR) is 106 cm³/mol. The quantitative estimate of drug-likeness (QED) is 0.769. The largest absolute Gasteiger partial charge is 0.339 e. The van der Waals surface area contributed by atoms with Crippen LogP contribution in [0.5, 0.6) is 0 Å². The van der Waals surface area contributed by atoms with Crippen molar-refractivity contribution in [1.29, 1.82) is 0 Å². The van der Waals surface area contributed by atoms with Gasteiger partial charge in [0.15, 0.2) is 0 Å². The van der Waals surface area contributed by atoms with Gasteiger partial charge in [0.05, 0.1) is 6.54 Å². The third kappa shape index (κ3) is 6.45. The van der Waals surface area contributed by atoms with Crippen LogP contribution < -0.4 is 5.32 Å². The molecule has 1 saturated heterocycles. The van der Waals surface area contributed by atoms with E-state index in [0.717, 1.165) is 51.9 Å². The number of hydrogen-bond donors (Lipinski definition) is 1. The molecule has 0 aliphatic carbocycles. The molecule has 5 nitrogen and oxygen atoms in total. The van der Waals surface area contributed by atoms with Crippen molar-refractivity contribution < 1.29 is 9.59 Å². The van der Waals surface area contributed by atoms with Crippen molar-refractivity contribution in [1.82, 2.24) is 9.80 Å². The molecule has 0 bridgehead atoms. The summed E-state index contributed by atoms with van der Waals surface area (Å²) in [5.74, 6) is 0.0489. The fraction of sp³-hybridized carbons (Fsp3) is 0.619. The van der Waals surface area contributed by atoms with Crippen molar-refractivity contribution in [3.63, 3.8) is 0 Å². The number of likely N-dealkylation sites (tertiary alicyclic amines) is 1. The summed E-state index contributed by atoms with van der Waals surface area (Å²) in [4.78, 5) is 29.2. The van der Waals surface area contributed by atoms with E-state index in [1.165, 1.54) is 12.8 Å². The predicted octanol–water partition coefficient (Wildman–Crippen LogP) is 3.76. The maximum Gasteiger partial charge on any atom is 0.253 e. The van der Waals surface area contributed by atoms with Crippen LogP contribution in [-0.2, 0) is 4.79 Å². The number of carbonyl (C=O) groups is 2. The van der Waals surface area contributed by atoms with Gasteiger partial charge in [-0.25, -0.2) is 0 Å². The van der Waals surface area contributed by atoms with Gasteiger partial charge < -0.3 is 10.2 Å². The van der Waals surface area contributed by atoms with Gasteiger partial charge in [0.1, 0.15) is 0 Å². The zero-order valence-corrected chi connectivity index (χ0v) is 16.3. The lowest BCUT2D eigenvalue weighted by molar-refractivity contribution is -0.117. The van der Waals surface area contributed by atoms with Crippen LogP contribution in [0.4, 0.5) is 5.69 Å². The number of rotatable bonds is 8. The first-order chi connectivity index (χ1) is 12.6. The second-order valence-corrected chi connectivity index (χ2v) is 7.11. The summed E-state index contributed by atoms with van der Waals surface area (Å²) >= 11 is 0. The van der Waals surface area contributed by atoms with Gasteiger partial charge in [0, 0.05) is 24.3 Å². The van der Waals surface area contributed by atoms with E-state index in [1.807, 2.05) is 23.1 Å². The first-order valence-corrected chi connectivity index (χ1v) is 10.1. The molecule has 5 heteroatoms. The van der Waals surface area contributed by atoms with Crippen LogP contribution in [0.3, 0.4) is 0 Å². The van der Waals surface area contributed by atoms with Gasteiger partial charge >= 0.3 is 0 Å². The van der Waals surface area contributed by atoms with Crippen LogP contribution in [0.2, 0.25) is 0 Å². The van der Waals surface area contributed by atoms with E-state index >= 15 is 0 Å². The molecule has 2 rings (SSSR count). The van der Waals surface area contributed by atoms with Crippen molar-refractivity contribution in [3.05, 3.63) is 29.8 Å². The molecular formula is C21H33N3O2. The van der Waals surface area contributed by atoms with Crippen LogP contribution in [0.15, 0.2) is 24.3 Å². The first-order valence-electron chi connectivity index (χ1n) is 10.1. The molecule has 1 aliphatic heterocycles. The lowest BCUT2D eigenvalue weighted by Crippen LogP contribution is -2.34. The number of hydrogen-bond acceptors (Lipinski definition) is 3. The summed E-state index contributed by atoms with van der Waals surface area (Å²) in [6.07, 6.45) is 6.62. The molecule has 1 fully saturated rings. The lowest BCUT2D eigenvalue weighted by atomic mass is 10.1. The molecule has 1 heterocycles. The van der Waals surface area contributed by atoms with E-state index in [4.69, 9.17) is 0 Å². The lowest BCUT2D eigenvalue weighted by Gasteiger charge is -2.21. The minimum Gasteiger partial charge on any atom is -0.339 e. The molecule has 0 aromatic heterocycles. The van der Waals surface area contributed by atoms with E-state index in [2.05, 4.69) is 24.1 Å². The standard InChI is InChI=1S/C21H33N3O2/c1-3-12-23(13-4-2)17-20(25)22-19-11-9-10-18(16-19)21(26)24-14-7-5-6-8-15-24/h9-11,16H,3-8,12-15,17H2,1-2H3,(H,22,25). The number of nitrogens with one attached hydrogen (secondary N) is 1. The molecule has 26 heavy (non-hydrogen) atoms. The van der Waals surface area contributed by atoms with Crippen molar-refractivity contribution in [2.24, 2.45) is 0 Å². The van der Waals surface area contributed by atoms with Crippen molar-refractivity contribution in [3.8, 4) is 0 Å². The molecule has 1 aliphatic rings. The number of amides is 2. The van der Waals surface area contributed by atoms with Crippen molar-refractivity contribution in [2.75, 3.05) is 38.0 Å². The Hall–Kier alpha value is -1.88. The number of anilines is 1. The Labute approximate surface area is 157 Å². The molecular weight excluding hydrogens is 326 g/mol. The summed E-state index contributed by atoms with van der Waals surface area (Å²) in [7, 11) is 0. The summed E-state index contributed by atoms with van der Waals surface area (Å²) in [6, 6.07) is 7.33. The number of carbonyl (C=O) groups excluding carboxylic acids is 2. The molecule has 144 valence electrons. The van der Waals surface area contributed by atoms with Crippen LogP contribution >= 0.6 is 0 Å². The Balaban J connectivity index is 1.97. The SMILES string of the molecule is CCCN(CCC)CC(=O)Nc1cccc(C(=O)N2CCCCCC2)c1. The topological polar surface area (TPSA) is 52.7 Å². The Bertz CT molecular complexity index is 574. The van der Waals surface area contributed by atoms with Crippen LogP contribution in [0.25, 0.3) is 0 Å². The smallest absolute Gasteiger partial charge is 0.253 e. The van der Waals surface area contributed by atoms with Crippen molar-refractivity contribution >= 4 is 17.5 Å². The third-order valence-corrected chi connectivity index (χ3v) is 4.73. The number of benzene rings is 1. The van der Waals surface area contributed by atoms with Crippen molar-refractivity contribution in [2.45, 2.75) is 52.4 Å². The third-order valence-electron chi connectivity index (χ3n) is 4.73. The molecule has 1 N–H and O–H groups in total. The summed E-state index contributed by atoms with van der Waals surface area (Å²) in [5, 5.41) is 2.95. The normalized spacial score (nSPS) is 15.0. The highest BCUT2D eigenvalue weighted by atomic mass is 16.2. The fourth-order valence-electron chi connectivity index (χ4n) is 3.49. The first kappa shape index (κ1) is 20.4. The maximum atomic E-state index is 12.7. The highest BCUT2D eigenvalue weighted by Gasteiger charge is 2.18. The highest BCUT2D eigenvalue weighted by Crippen LogP contribution is 2.16. The summed E-state index contributed by atoms with van der Waals surface area (Å²) in [6.45, 7) is 8.16. The van der Waals surface area contributed by atoms with Crippen LogP contribution in [0, 0.1) is 0 Å². The van der Waals surface area contributed by atoms with Gasteiger partial charge in [0.2, 0.25) is 5.91 Å². The van der Waals surface area contributed by atoms with E-state index in [1.54, 1.807) is 6.07 Å². The summed E-state index contributed by atoms with van der Waals surface area (Å²) in [5.41, 5.74) is 1.35. The zero-order chi connectivity index (χ0) is 18.8. The molecule has 0 atom stereocenters. The van der Waals surface area contributed by atoms with Gasteiger partial charge in [0.25, 0.3) is 5.91 Å². The molecule has 0 unspecified atom stereocenters. The van der Waals surface area contributed by atoms with E-state index < -0.39 is 0 Å². The maximum absolute atomic E-state index is 12.7. The number of nitrogens with zero attached hydrogens (tertiary/aromatic N) is 2. The highest BCUT2D eigenvalue weighted by molar-refractivity contribution is 5.97. The monoisotopic (exact) mass is 359 g/mol. The van der Waals surface area contributed by atoms with Crippen LogP contribution in [0.1, 0.15) is 62.7 Å². The van der Waals surface area contributed by atoms with E-state index in [9.17, 15) is 9.59 Å². The van der Waals surface area contributed by atoms with Gasteiger partial charge in [-0.05, 0) is 57.0 Å². The minimum absolute atomic E-state index is 0.0220. The molecule has 0 spiro atoms. The zero-order valence-electron chi connectivity index (χ0n) is 16.3. The van der Waals surface area contributed by atoms with Crippen LogP contribution in [-0.4, -0.2) is 54.3 Å². The second-order valence-electron chi connectivity index (χ2n) is 7.11. The minimum atomic E-state index is -0.0220. The Kier molecular flexibility index (Phi) is 8.62. The Morgan fingerprint density at radius 1 is 1.04 bits per heavy atom. The summed E-state index contributed by atoms with van der Waals surface area (Å²) < 4.78 is 0. The van der Waals surface area contributed by atoms with Gasteiger partial charge in [-0.1, -0.05) is 32.8 Å². The van der Waals surface area contributed by atoms with Gasteiger partial charge in [-0.15, -0.1) is 0 Å². The molecule has 2 amide bonds. The molecule has 0 radical (unpaired) electrons. The Morgan fingerprint density at radius 3 is 2.31 bits per heavy atom. The Morgan fingerprint density at radius 2 is 1.69 bits per heavy atom. The fourth-order valence-corrected chi connectivity index (χ4v) is 3.49. The average molecular weight is 360 g/mol. The van der Waals surface area contributed by atoms with Gasteiger partial charge in [-0.2, -0.15) is 0 Å². The molecule has 1 aromatic rings. The molecule has 0 saturated carbocycles. The molecule has 1 aromatic carbocycles.